The third-order valence-electron chi connectivity index (χ3n) is 0.948. The normalized spacial score (nSPS) is 11.8. The fraction of sp³-hybridized carbons (Fsp3) is 0.667. The van der Waals surface area contributed by atoms with Crippen LogP contribution in [0, 0.1) is 6.43 Å². The number of hydrogen-bond acceptors (Lipinski definition) is 2. The minimum Gasteiger partial charge on any atom is -0.466 e. The highest BCUT2D eigenvalue weighted by Gasteiger charge is 2.45. The molecule has 12 heavy (non-hydrogen) atoms. The smallest absolute Gasteiger partial charge is 0.378 e. The molecule has 0 aliphatic carbocycles. The Hall–Kier alpha value is -0.810. The molecule has 0 aromatic carbocycles. The Labute approximate surface area is 66.5 Å². The van der Waals surface area contributed by atoms with E-state index in [0.717, 1.165) is 0 Å². The lowest BCUT2D eigenvalue weighted by molar-refractivity contribution is -0.154. The molecule has 6 heteroatoms. The first-order valence-corrected chi connectivity index (χ1v) is 3.12. The topological polar surface area (TPSA) is 26.3 Å². The predicted octanol–water partition coefficient (Wildman–Crippen LogP) is 2.00. The van der Waals surface area contributed by atoms with Crippen molar-refractivity contribution in [3.8, 4) is 0 Å². The Morgan fingerprint density at radius 1 is 1.42 bits per heavy atom. The minimum absolute atomic E-state index is 0.108. The Bertz CT molecular complexity index is 158. The van der Waals surface area contributed by atoms with Gasteiger partial charge < -0.3 is 4.74 Å². The molecule has 0 saturated carbocycles. The van der Waals surface area contributed by atoms with Gasteiger partial charge in [-0.15, -0.1) is 0 Å². The lowest BCUT2D eigenvalue weighted by atomic mass is 10.2. The highest BCUT2D eigenvalue weighted by atomic mass is 19.3. The number of hydrogen-bond donors (Lipinski definition) is 0. The molecule has 0 aliphatic heterocycles. The van der Waals surface area contributed by atoms with Crippen molar-refractivity contribution < 1.29 is 27.1 Å². The third-order valence-corrected chi connectivity index (χ3v) is 0.948. The van der Waals surface area contributed by atoms with E-state index in [-0.39, 0.29) is 6.61 Å². The van der Waals surface area contributed by atoms with E-state index in [9.17, 15) is 22.4 Å². The van der Waals surface area contributed by atoms with Crippen LogP contribution in [0.2, 0.25) is 0 Å². The van der Waals surface area contributed by atoms with Gasteiger partial charge in [0.15, 0.2) is 0 Å². The molecule has 2 nitrogen and oxygen atoms in total. The van der Waals surface area contributed by atoms with Crippen molar-refractivity contribution in [2.24, 2.45) is 0 Å². The summed E-state index contributed by atoms with van der Waals surface area (Å²) in [7, 11) is 0. The summed E-state index contributed by atoms with van der Waals surface area (Å²) >= 11 is 0. The van der Waals surface area contributed by atoms with Gasteiger partial charge in [-0.3, -0.25) is 4.79 Å². The molecule has 0 rings (SSSR count). The fourth-order valence-corrected chi connectivity index (χ4v) is 0.460. The lowest BCUT2D eigenvalue weighted by Crippen LogP contribution is -2.25. The lowest BCUT2D eigenvalue weighted by Gasteiger charge is -2.11. The van der Waals surface area contributed by atoms with Crippen molar-refractivity contribution >= 4 is 5.97 Å². The van der Waals surface area contributed by atoms with Gasteiger partial charge >= 0.3 is 18.3 Å². The van der Waals surface area contributed by atoms with Crippen LogP contribution in [0.1, 0.15) is 13.3 Å². The maximum absolute atomic E-state index is 12.0. The van der Waals surface area contributed by atoms with Gasteiger partial charge in [-0.25, -0.2) is 0 Å². The minimum atomic E-state index is -4.37. The molecule has 0 aromatic rings. The molecule has 1 radical (unpaired) electrons. The van der Waals surface area contributed by atoms with Gasteiger partial charge in [0.05, 0.1) is 6.61 Å². The van der Waals surface area contributed by atoms with Gasteiger partial charge in [0, 0.05) is 0 Å². The van der Waals surface area contributed by atoms with Gasteiger partial charge in [-0.05, 0) is 6.92 Å². The van der Waals surface area contributed by atoms with Crippen LogP contribution in [0.4, 0.5) is 17.6 Å². The zero-order valence-electron chi connectivity index (χ0n) is 6.24. The van der Waals surface area contributed by atoms with Crippen molar-refractivity contribution in [1.82, 2.24) is 0 Å². The van der Waals surface area contributed by atoms with Gasteiger partial charge in [0.1, 0.15) is 6.42 Å². The summed E-state index contributed by atoms with van der Waals surface area (Å²) in [4.78, 5) is 10.3. The molecule has 0 heterocycles. The summed E-state index contributed by atoms with van der Waals surface area (Å²) in [6.07, 6.45) is -4.68. The van der Waals surface area contributed by atoms with Crippen molar-refractivity contribution in [3.63, 3.8) is 0 Å². The molecule has 0 saturated heterocycles. The molecular formula is C6H7F4O2. The highest BCUT2D eigenvalue weighted by molar-refractivity contribution is 5.70. The number of rotatable bonds is 4. The van der Waals surface area contributed by atoms with E-state index in [1.54, 1.807) is 0 Å². The van der Waals surface area contributed by atoms with E-state index in [1.165, 1.54) is 6.92 Å². The van der Waals surface area contributed by atoms with Crippen LogP contribution in [0.25, 0.3) is 0 Å². The summed E-state index contributed by atoms with van der Waals surface area (Å²) in [6, 6.07) is 0. The van der Waals surface area contributed by atoms with Crippen LogP contribution in [-0.2, 0) is 9.53 Å². The maximum atomic E-state index is 12.0. The van der Waals surface area contributed by atoms with E-state index in [4.69, 9.17) is 0 Å². The predicted molar refractivity (Wildman–Crippen MR) is 31.7 cm³/mol. The summed E-state index contributed by atoms with van der Waals surface area (Å²) in [5.41, 5.74) is 0. The quantitative estimate of drug-likeness (QED) is 0.497. The Morgan fingerprint density at radius 3 is 2.25 bits per heavy atom. The Morgan fingerprint density at radius 2 is 1.92 bits per heavy atom. The molecule has 71 valence electrons. The van der Waals surface area contributed by atoms with Crippen molar-refractivity contribution in [3.05, 3.63) is 6.43 Å². The van der Waals surface area contributed by atoms with Crippen LogP contribution in [0.3, 0.4) is 0 Å². The largest absolute Gasteiger partial charge is 0.466 e. The molecule has 0 atom stereocenters. The molecule has 0 fully saturated rings. The van der Waals surface area contributed by atoms with Crippen molar-refractivity contribution in [2.75, 3.05) is 6.61 Å². The van der Waals surface area contributed by atoms with E-state index >= 15 is 0 Å². The molecule has 0 aromatic heterocycles. The second-order valence-electron chi connectivity index (χ2n) is 1.95. The standard InChI is InChI=1S/C6H7F4O2/c1-2-12-4(11)3-6(9,10)5(7)8/h2-3H2,1H3. The highest BCUT2D eigenvalue weighted by Crippen LogP contribution is 2.32. The van der Waals surface area contributed by atoms with E-state index < -0.39 is 24.7 Å². The number of ether oxygens (including phenoxy) is 1. The van der Waals surface area contributed by atoms with E-state index in [2.05, 4.69) is 4.74 Å². The molecule has 0 amide bonds. The number of carbonyl (C=O) groups excluding carboxylic acids is 1. The van der Waals surface area contributed by atoms with Crippen LogP contribution in [0.5, 0.6) is 0 Å². The molecule has 0 aliphatic rings. The zero-order valence-corrected chi connectivity index (χ0v) is 6.24. The molecule has 0 unspecified atom stereocenters. The first kappa shape index (κ1) is 11.2. The van der Waals surface area contributed by atoms with Crippen LogP contribution in [0.15, 0.2) is 0 Å². The second kappa shape index (κ2) is 4.27. The average molecular weight is 187 g/mol. The van der Waals surface area contributed by atoms with Gasteiger partial charge in [0.25, 0.3) is 0 Å². The van der Waals surface area contributed by atoms with Crippen molar-refractivity contribution in [1.29, 1.82) is 0 Å². The second-order valence-corrected chi connectivity index (χ2v) is 1.95. The summed E-state index contributed by atoms with van der Waals surface area (Å²) in [5, 5.41) is 0. The SMILES string of the molecule is CCOC(=O)CC(F)(F)[C](F)F. The third kappa shape index (κ3) is 3.54. The molecule has 0 spiro atoms. The summed E-state index contributed by atoms with van der Waals surface area (Å²) in [6.45, 7) is 1.29. The van der Waals surface area contributed by atoms with Crippen LogP contribution < -0.4 is 0 Å². The molecular weight excluding hydrogens is 180 g/mol. The van der Waals surface area contributed by atoms with E-state index in [0.29, 0.717) is 0 Å². The Kier molecular flexibility index (Phi) is 3.99. The van der Waals surface area contributed by atoms with Crippen LogP contribution in [-0.4, -0.2) is 18.5 Å². The number of carbonyl (C=O) groups is 1. The van der Waals surface area contributed by atoms with Gasteiger partial charge in [0.2, 0.25) is 0 Å². The zero-order chi connectivity index (χ0) is 9.78. The number of esters is 1. The average Bonchev–Trinajstić information content (AvgIpc) is 1.85. The first-order valence-electron chi connectivity index (χ1n) is 3.12. The van der Waals surface area contributed by atoms with Gasteiger partial charge in [-0.2, -0.15) is 17.6 Å². The Balaban J connectivity index is 3.97. The molecule has 0 bridgehead atoms. The first-order chi connectivity index (χ1) is 5.40. The fourth-order valence-electron chi connectivity index (χ4n) is 0.460. The van der Waals surface area contributed by atoms with E-state index in [1.807, 2.05) is 0 Å². The number of halogens is 4. The number of alkyl halides is 2. The molecule has 0 N–H and O–H groups in total. The maximum Gasteiger partial charge on any atom is 0.378 e. The van der Waals surface area contributed by atoms with Gasteiger partial charge in [-0.1, -0.05) is 0 Å². The summed E-state index contributed by atoms with van der Waals surface area (Å²) < 4.78 is 50.9. The van der Waals surface area contributed by atoms with Crippen molar-refractivity contribution in [2.45, 2.75) is 19.3 Å². The summed E-state index contributed by atoms with van der Waals surface area (Å²) in [5.74, 6) is -5.71. The van der Waals surface area contributed by atoms with Crippen LogP contribution >= 0.6 is 0 Å². The monoisotopic (exact) mass is 187 g/mol.